The number of hydrogen-bond acceptors (Lipinski definition) is 9. The summed E-state index contributed by atoms with van der Waals surface area (Å²) in [4.78, 5) is 44.4. The van der Waals surface area contributed by atoms with Crippen LogP contribution in [0, 0.1) is 16.2 Å². The van der Waals surface area contributed by atoms with Crippen LogP contribution in [0.2, 0.25) is 0 Å². The highest BCUT2D eigenvalue weighted by molar-refractivity contribution is 5.86. The van der Waals surface area contributed by atoms with Crippen LogP contribution in [0.1, 0.15) is 88.5 Å². The maximum absolute atomic E-state index is 11.6. The SMILES string of the molecule is C=C(C)C(=O)OCC(O)COC(=O)C(C)(C)CC.CCC(C)(C)C(=O)OCCOC.CCC(C)(C)C(N)=O. The Balaban J connectivity index is -0.000000527. The van der Waals surface area contributed by atoms with Gasteiger partial charge in [0.25, 0.3) is 0 Å². The van der Waals surface area contributed by atoms with Gasteiger partial charge < -0.3 is 29.8 Å². The third-order valence-corrected chi connectivity index (χ3v) is 6.11. The van der Waals surface area contributed by atoms with Crippen molar-refractivity contribution in [3.05, 3.63) is 12.2 Å². The Morgan fingerprint density at radius 2 is 1.16 bits per heavy atom. The molecule has 0 aromatic carbocycles. The van der Waals surface area contributed by atoms with Gasteiger partial charge in [0.05, 0.1) is 17.4 Å². The zero-order valence-corrected chi connectivity index (χ0v) is 25.5. The summed E-state index contributed by atoms with van der Waals surface area (Å²) in [5.41, 5.74) is 4.04. The van der Waals surface area contributed by atoms with Crippen LogP contribution in [0.15, 0.2) is 12.2 Å². The molecule has 10 heteroatoms. The van der Waals surface area contributed by atoms with Crippen molar-refractivity contribution in [2.24, 2.45) is 22.0 Å². The van der Waals surface area contributed by atoms with Gasteiger partial charge in [0.15, 0.2) is 0 Å². The highest BCUT2D eigenvalue weighted by Crippen LogP contribution is 2.22. The topological polar surface area (TPSA) is 151 Å². The van der Waals surface area contributed by atoms with E-state index in [-0.39, 0.29) is 47.5 Å². The van der Waals surface area contributed by atoms with E-state index >= 15 is 0 Å². The molecule has 0 bridgehead atoms. The molecule has 224 valence electrons. The van der Waals surface area contributed by atoms with Crippen molar-refractivity contribution < 1.29 is 43.2 Å². The number of carbonyl (C=O) groups excluding carboxylic acids is 4. The first kappa shape index (κ1) is 40.0. The summed E-state index contributed by atoms with van der Waals surface area (Å²) in [5, 5.41) is 9.48. The fourth-order valence-electron chi connectivity index (χ4n) is 1.59. The second-order valence-electron chi connectivity index (χ2n) is 10.8. The largest absolute Gasteiger partial charge is 0.463 e. The van der Waals surface area contributed by atoms with Gasteiger partial charge in [0.2, 0.25) is 5.91 Å². The summed E-state index contributed by atoms with van der Waals surface area (Å²) in [6.07, 6.45) is 1.22. The standard InChI is InChI=1S/C13H22O5.C9H18O3.C6H13NO/c1-6-13(4,5)12(16)18-8-10(14)7-17-11(15)9(2)3;1-5-9(2,3)8(10)12-7-6-11-4;1-4-6(2,3)5(7)8/h10,14H,2,6-8H2,1,3-5H3;5-7H2,1-4H3;4H2,1-3H3,(H2,7,8). The average molecular weight is 548 g/mol. The Kier molecular flexibility index (Phi) is 20.6. The second kappa shape index (κ2) is 19.6. The summed E-state index contributed by atoms with van der Waals surface area (Å²) in [6, 6.07) is 0. The van der Waals surface area contributed by atoms with Crippen molar-refractivity contribution in [3.63, 3.8) is 0 Å². The molecule has 0 aliphatic rings. The number of aliphatic hydroxyl groups excluding tert-OH is 1. The number of ether oxygens (including phenoxy) is 4. The van der Waals surface area contributed by atoms with Gasteiger partial charge in [-0.3, -0.25) is 14.4 Å². The lowest BCUT2D eigenvalue weighted by Gasteiger charge is -2.21. The molecule has 0 spiro atoms. The average Bonchev–Trinajstić information content (AvgIpc) is 2.86. The lowest BCUT2D eigenvalue weighted by Crippen LogP contribution is -2.31. The molecule has 0 heterocycles. The maximum Gasteiger partial charge on any atom is 0.333 e. The Morgan fingerprint density at radius 1 is 0.763 bits per heavy atom. The number of rotatable bonds is 14. The van der Waals surface area contributed by atoms with E-state index in [9.17, 15) is 24.3 Å². The van der Waals surface area contributed by atoms with E-state index in [0.717, 1.165) is 12.8 Å². The van der Waals surface area contributed by atoms with E-state index in [1.165, 1.54) is 6.92 Å². The van der Waals surface area contributed by atoms with E-state index in [2.05, 4.69) is 6.58 Å². The number of primary amides is 1. The maximum atomic E-state index is 11.6. The highest BCUT2D eigenvalue weighted by atomic mass is 16.6. The Hall–Kier alpha value is -2.46. The van der Waals surface area contributed by atoms with Gasteiger partial charge in [-0.05, 0) is 53.9 Å². The molecule has 0 fully saturated rings. The molecule has 0 rings (SSSR count). The van der Waals surface area contributed by atoms with Crippen molar-refractivity contribution >= 4 is 23.8 Å². The molecule has 10 nitrogen and oxygen atoms in total. The Bertz CT molecular complexity index is 743. The summed E-state index contributed by atoms with van der Waals surface area (Å²) in [6.45, 7) is 22.1. The normalized spacial score (nSPS) is 12.0. The van der Waals surface area contributed by atoms with Crippen LogP contribution < -0.4 is 5.73 Å². The van der Waals surface area contributed by atoms with Gasteiger partial charge in [-0.2, -0.15) is 0 Å². The number of methoxy groups -OCH3 is 1. The van der Waals surface area contributed by atoms with Gasteiger partial charge in [-0.25, -0.2) is 4.79 Å². The molecule has 3 N–H and O–H groups in total. The molecule has 0 saturated carbocycles. The highest BCUT2D eigenvalue weighted by Gasteiger charge is 2.28. The first-order valence-corrected chi connectivity index (χ1v) is 12.9. The van der Waals surface area contributed by atoms with Crippen LogP contribution >= 0.6 is 0 Å². The van der Waals surface area contributed by atoms with E-state index in [4.69, 9.17) is 24.7 Å². The van der Waals surface area contributed by atoms with Gasteiger partial charge in [-0.1, -0.05) is 41.2 Å². The summed E-state index contributed by atoms with van der Waals surface area (Å²) >= 11 is 0. The van der Waals surface area contributed by atoms with Gasteiger partial charge in [0, 0.05) is 18.1 Å². The molecular weight excluding hydrogens is 494 g/mol. The van der Waals surface area contributed by atoms with Crippen molar-refractivity contribution in [2.75, 3.05) is 33.5 Å². The van der Waals surface area contributed by atoms with Crippen molar-refractivity contribution in [1.82, 2.24) is 0 Å². The van der Waals surface area contributed by atoms with Crippen LogP contribution in [-0.2, 0) is 38.1 Å². The van der Waals surface area contributed by atoms with Gasteiger partial charge in [0.1, 0.15) is 25.9 Å². The van der Waals surface area contributed by atoms with Crippen LogP contribution in [0.4, 0.5) is 0 Å². The molecule has 0 radical (unpaired) electrons. The quantitative estimate of drug-likeness (QED) is 0.142. The van der Waals surface area contributed by atoms with Crippen LogP contribution in [0.5, 0.6) is 0 Å². The Morgan fingerprint density at radius 3 is 1.47 bits per heavy atom. The smallest absolute Gasteiger partial charge is 0.333 e. The molecule has 0 aliphatic heterocycles. The summed E-state index contributed by atoms with van der Waals surface area (Å²) in [7, 11) is 1.58. The van der Waals surface area contributed by atoms with Crippen molar-refractivity contribution in [3.8, 4) is 0 Å². The minimum Gasteiger partial charge on any atom is -0.463 e. The number of carbonyl (C=O) groups is 4. The van der Waals surface area contributed by atoms with E-state index in [0.29, 0.717) is 19.6 Å². The predicted octanol–water partition coefficient (Wildman–Crippen LogP) is 3.97. The zero-order chi connectivity index (χ0) is 30.7. The van der Waals surface area contributed by atoms with Gasteiger partial charge >= 0.3 is 17.9 Å². The molecule has 1 unspecified atom stereocenters. The summed E-state index contributed by atoms with van der Waals surface area (Å²) < 4.78 is 19.4. The van der Waals surface area contributed by atoms with Gasteiger partial charge in [-0.15, -0.1) is 0 Å². The van der Waals surface area contributed by atoms with E-state index in [1.54, 1.807) is 21.0 Å². The lowest BCUT2D eigenvalue weighted by atomic mass is 9.90. The minimum absolute atomic E-state index is 0.151. The monoisotopic (exact) mass is 547 g/mol. The van der Waals surface area contributed by atoms with E-state index < -0.39 is 17.5 Å². The third-order valence-electron chi connectivity index (χ3n) is 6.11. The first-order chi connectivity index (χ1) is 17.2. The van der Waals surface area contributed by atoms with Crippen LogP contribution in [-0.4, -0.2) is 68.6 Å². The number of nitrogens with two attached hydrogens (primary N) is 1. The number of aliphatic hydroxyl groups is 1. The number of esters is 3. The molecule has 0 aromatic rings. The second-order valence-corrected chi connectivity index (χ2v) is 10.8. The number of amides is 1. The molecule has 1 atom stereocenters. The number of hydrogen-bond donors (Lipinski definition) is 2. The van der Waals surface area contributed by atoms with Crippen molar-refractivity contribution in [1.29, 1.82) is 0 Å². The lowest BCUT2D eigenvalue weighted by molar-refractivity contribution is -0.159. The van der Waals surface area contributed by atoms with Crippen LogP contribution in [0.25, 0.3) is 0 Å². The first-order valence-electron chi connectivity index (χ1n) is 12.9. The van der Waals surface area contributed by atoms with Crippen molar-refractivity contribution in [2.45, 2.75) is 94.6 Å². The van der Waals surface area contributed by atoms with Crippen LogP contribution in [0.3, 0.4) is 0 Å². The van der Waals surface area contributed by atoms with E-state index in [1.807, 2.05) is 48.5 Å². The predicted molar refractivity (Wildman–Crippen MR) is 147 cm³/mol. The fraction of sp³-hybridized carbons (Fsp3) is 0.786. The molecule has 38 heavy (non-hydrogen) atoms. The molecule has 0 saturated heterocycles. The zero-order valence-electron chi connectivity index (χ0n) is 25.5. The minimum atomic E-state index is -1.02. The molecule has 1 amide bonds. The molecule has 0 aliphatic carbocycles. The summed E-state index contributed by atoms with van der Waals surface area (Å²) in [5.74, 6) is -1.33. The fourth-order valence-corrected chi connectivity index (χ4v) is 1.59. The molecule has 0 aromatic heterocycles. The molecular formula is C28H53NO9. The third kappa shape index (κ3) is 18.7. The Labute approximate surface area is 229 Å².